The molecular formula is C18H19Cl2IN6OS. The Kier molecular flexibility index (Phi) is 8.10. The molecule has 0 radical (unpaired) electrons. The monoisotopic (exact) mass is 564 g/mol. The van der Waals surface area contributed by atoms with Crippen LogP contribution in [-0.4, -0.2) is 50.9 Å². The van der Waals surface area contributed by atoms with Crippen molar-refractivity contribution in [1.29, 1.82) is 0 Å². The van der Waals surface area contributed by atoms with Gasteiger partial charge in [-0.05, 0) is 31.2 Å². The number of anilines is 2. The highest BCUT2D eigenvalue weighted by molar-refractivity contribution is 14.2. The van der Waals surface area contributed by atoms with E-state index in [-0.39, 0.29) is 6.04 Å². The van der Waals surface area contributed by atoms with Crippen LogP contribution < -0.4 is 10.6 Å². The van der Waals surface area contributed by atoms with Gasteiger partial charge in [0.25, 0.3) is 0 Å². The number of carbonyl (C=O) groups excluding carboxylic acids is 1. The van der Waals surface area contributed by atoms with E-state index in [1.807, 2.05) is 35.3 Å². The molecule has 0 bridgehead atoms. The van der Waals surface area contributed by atoms with E-state index < -0.39 is 0 Å². The van der Waals surface area contributed by atoms with Gasteiger partial charge in [0.05, 0.1) is 11.4 Å². The normalized spacial score (nSPS) is 13.4. The number of nitrogens with one attached hydrogen (secondary N) is 2. The van der Waals surface area contributed by atoms with Crippen LogP contribution in [0.3, 0.4) is 0 Å². The van der Waals surface area contributed by atoms with Crippen molar-refractivity contribution in [1.82, 2.24) is 18.8 Å². The Morgan fingerprint density at radius 2 is 2.00 bits per heavy atom. The summed E-state index contributed by atoms with van der Waals surface area (Å²) in [6, 6.07) is 7.68. The summed E-state index contributed by atoms with van der Waals surface area (Å²) in [5.41, 5.74) is 1.86. The van der Waals surface area contributed by atoms with E-state index in [1.165, 1.54) is 0 Å². The summed E-state index contributed by atoms with van der Waals surface area (Å²) in [7, 11) is 1.57. The molecule has 4 rings (SSSR count). The molecule has 2 N–H and O–H groups in total. The van der Waals surface area contributed by atoms with Crippen LogP contribution in [0.2, 0.25) is 10.0 Å². The number of aromatic nitrogens is 3. The van der Waals surface area contributed by atoms with Crippen LogP contribution in [0.1, 0.15) is 6.92 Å². The van der Waals surface area contributed by atoms with Crippen molar-refractivity contribution < 1.29 is 4.79 Å². The maximum atomic E-state index is 10.5. The fraction of sp³-hybridized carbons (Fsp3) is 0.278. The molecule has 0 spiro atoms. The van der Waals surface area contributed by atoms with Crippen LogP contribution in [-0.2, 0) is 4.79 Å². The first-order valence-corrected chi connectivity index (χ1v) is 12.9. The molecule has 11 heteroatoms. The summed E-state index contributed by atoms with van der Waals surface area (Å²) in [6.07, 6.45) is 4.40. The number of fused-ring (bicyclic) bond motifs is 1. The molecule has 0 atom stereocenters. The summed E-state index contributed by atoms with van der Waals surface area (Å²) < 4.78 is 1.99. The molecule has 0 saturated carbocycles. The van der Waals surface area contributed by atoms with Gasteiger partial charge in [0.1, 0.15) is 12.1 Å². The molecule has 1 fully saturated rings. The molecule has 1 aromatic carbocycles. The number of halogens is 3. The molecule has 154 valence electrons. The number of likely N-dealkylation sites (tertiary alicyclic amines) is 1. The van der Waals surface area contributed by atoms with Gasteiger partial charge in [-0.2, -0.15) is 0 Å². The number of rotatable bonds is 6. The molecule has 29 heavy (non-hydrogen) atoms. The minimum Gasteiger partial charge on any atom is -0.385 e. The van der Waals surface area contributed by atoms with Crippen molar-refractivity contribution in [3.63, 3.8) is 0 Å². The third kappa shape index (κ3) is 5.80. The summed E-state index contributed by atoms with van der Waals surface area (Å²) in [5.74, 6) is 0.833. The second kappa shape index (κ2) is 10.6. The topological polar surface area (TPSA) is 75.1 Å². The van der Waals surface area contributed by atoms with Gasteiger partial charge >= 0.3 is 0 Å². The van der Waals surface area contributed by atoms with Gasteiger partial charge in [0.2, 0.25) is 6.41 Å². The van der Waals surface area contributed by atoms with E-state index in [2.05, 4.69) is 41.8 Å². The summed E-state index contributed by atoms with van der Waals surface area (Å²) in [5, 5.41) is 8.79. The molecule has 2 aromatic heterocycles. The standard InChI is InChI=1S/C10H10IN5OS.C8H9Cl2N/c11-18-16-2-1-8-9(12-5-13-10(8)16)14-7-3-15(4-7)6-17;1-2-11-8-4-6(9)3-7(10)5-8/h1-2,5-7H,3-4H2,(H,12,13,14);3-5,11H,2H2,1H3. The fourth-order valence-electron chi connectivity index (χ4n) is 2.84. The second-order valence-corrected chi connectivity index (χ2v) is 8.85. The summed E-state index contributed by atoms with van der Waals surface area (Å²) >= 11 is 13.7. The predicted molar refractivity (Wildman–Crippen MR) is 130 cm³/mol. The van der Waals surface area contributed by atoms with Crippen molar-refractivity contribution in [2.45, 2.75) is 13.0 Å². The third-order valence-corrected chi connectivity index (χ3v) is 6.32. The number of nitrogens with zero attached hydrogens (tertiary/aromatic N) is 4. The smallest absolute Gasteiger partial charge is 0.209 e. The Morgan fingerprint density at radius 3 is 2.62 bits per heavy atom. The van der Waals surface area contributed by atoms with E-state index in [0.29, 0.717) is 10.0 Å². The van der Waals surface area contributed by atoms with Crippen molar-refractivity contribution in [3.8, 4) is 0 Å². The Labute approximate surface area is 195 Å². The van der Waals surface area contributed by atoms with Crippen LogP contribution in [0.5, 0.6) is 0 Å². The van der Waals surface area contributed by atoms with E-state index in [9.17, 15) is 4.79 Å². The lowest BCUT2D eigenvalue weighted by Crippen LogP contribution is -2.53. The van der Waals surface area contributed by atoms with Crippen molar-refractivity contribution in [2.24, 2.45) is 0 Å². The highest BCUT2D eigenvalue weighted by Crippen LogP contribution is 2.27. The average Bonchev–Trinajstić information content (AvgIpc) is 3.08. The van der Waals surface area contributed by atoms with Crippen molar-refractivity contribution in [3.05, 3.63) is 46.8 Å². The van der Waals surface area contributed by atoms with E-state index in [0.717, 1.165) is 48.6 Å². The Morgan fingerprint density at radius 1 is 1.28 bits per heavy atom. The van der Waals surface area contributed by atoms with Crippen molar-refractivity contribution >= 4 is 82.5 Å². The molecule has 1 aliphatic heterocycles. The number of amides is 1. The fourth-order valence-corrected chi connectivity index (χ4v) is 4.64. The average molecular weight is 565 g/mol. The van der Waals surface area contributed by atoms with Crippen LogP contribution >= 0.6 is 53.5 Å². The number of hydrogen-bond donors (Lipinski definition) is 2. The van der Waals surface area contributed by atoms with E-state index >= 15 is 0 Å². The Hall–Kier alpha value is -1.43. The molecule has 7 nitrogen and oxygen atoms in total. The number of hydrogen-bond acceptors (Lipinski definition) is 6. The summed E-state index contributed by atoms with van der Waals surface area (Å²) in [4.78, 5) is 20.8. The summed E-state index contributed by atoms with van der Waals surface area (Å²) in [6.45, 7) is 4.36. The van der Waals surface area contributed by atoms with Gasteiger partial charge < -0.3 is 15.5 Å². The van der Waals surface area contributed by atoms with Gasteiger partial charge in [-0.25, -0.2) is 9.97 Å². The number of carbonyl (C=O) groups is 1. The molecule has 3 heterocycles. The molecule has 1 aliphatic rings. The quantitative estimate of drug-likeness (QED) is 0.326. The SMILES string of the molecule is CCNc1cc(Cl)cc(Cl)c1.O=CN1CC(Nc2ncnc3c2ccn3SI)C1. The van der Waals surface area contributed by atoms with Crippen LogP contribution in [0, 0.1) is 0 Å². The zero-order chi connectivity index (χ0) is 20.8. The molecule has 0 aliphatic carbocycles. The zero-order valence-electron chi connectivity index (χ0n) is 15.5. The Bertz CT molecular complexity index is 962. The van der Waals surface area contributed by atoms with Gasteiger partial charge in [-0.1, -0.05) is 23.2 Å². The van der Waals surface area contributed by atoms with Crippen LogP contribution in [0.15, 0.2) is 36.8 Å². The molecule has 3 aromatic rings. The molecule has 0 unspecified atom stereocenters. The van der Waals surface area contributed by atoms with Crippen LogP contribution in [0.4, 0.5) is 11.5 Å². The highest BCUT2D eigenvalue weighted by Gasteiger charge is 2.26. The first-order chi connectivity index (χ1) is 14.0. The third-order valence-electron chi connectivity index (χ3n) is 4.17. The van der Waals surface area contributed by atoms with Gasteiger partial charge in [0.15, 0.2) is 5.65 Å². The molecular weight excluding hydrogens is 546 g/mol. The van der Waals surface area contributed by atoms with Crippen LogP contribution in [0.25, 0.3) is 11.0 Å². The predicted octanol–water partition coefficient (Wildman–Crippen LogP) is 4.96. The Balaban J connectivity index is 0.000000188. The van der Waals surface area contributed by atoms with E-state index in [4.69, 9.17) is 23.2 Å². The van der Waals surface area contributed by atoms with E-state index in [1.54, 1.807) is 26.4 Å². The minimum absolute atomic E-state index is 0.281. The van der Waals surface area contributed by atoms with Gasteiger partial charge in [-0.15, -0.1) is 0 Å². The zero-order valence-corrected chi connectivity index (χ0v) is 20.0. The first-order valence-electron chi connectivity index (χ1n) is 8.81. The lowest BCUT2D eigenvalue weighted by molar-refractivity contribution is -0.121. The first kappa shape index (κ1) is 22.3. The second-order valence-electron chi connectivity index (χ2n) is 6.26. The number of benzene rings is 1. The maximum absolute atomic E-state index is 10.5. The van der Waals surface area contributed by atoms with Gasteiger partial charge in [0, 0.05) is 71.9 Å². The largest absolute Gasteiger partial charge is 0.385 e. The molecule has 1 saturated heterocycles. The van der Waals surface area contributed by atoms with Crippen molar-refractivity contribution in [2.75, 3.05) is 30.3 Å². The lowest BCUT2D eigenvalue weighted by Gasteiger charge is -2.37. The maximum Gasteiger partial charge on any atom is 0.209 e. The molecule has 1 amide bonds. The lowest BCUT2D eigenvalue weighted by atomic mass is 10.1. The van der Waals surface area contributed by atoms with Gasteiger partial charge in [-0.3, -0.25) is 8.77 Å². The minimum atomic E-state index is 0.281. The highest BCUT2D eigenvalue weighted by atomic mass is 127.